The second-order valence-electron chi connectivity index (χ2n) is 8.87. The first-order valence-corrected chi connectivity index (χ1v) is 12.1. The standard InChI is InChI=1S/C28H29ClN2O2/c29-23-10-11-26-22(17-23)9-8-21-5-4-14-30-28(21)27(26)20-12-15-31(16-13-20)18-24(32)19-33-25-6-2-1-3-7-25/h1-7,10-11,14,17,24,32H,8-9,12-13,15-16,18-19H2. The highest BCUT2D eigenvalue weighted by Crippen LogP contribution is 2.38. The van der Waals surface area contributed by atoms with E-state index in [0.717, 1.165) is 55.2 Å². The van der Waals surface area contributed by atoms with Gasteiger partial charge in [0.05, 0.1) is 5.69 Å². The number of hydrogen-bond acceptors (Lipinski definition) is 4. The number of aryl methyl sites for hydroxylation is 2. The number of ether oxygens (including phenoxy) is 1. The van der Waals surface area contributed by atoms with E-state index in [9.17, 15) is 5.11 Å². The minimum absolute atomic E-state index is 0.305. The highest BCUT2D eigenvalue weighted by atomic mass is 35.5. The molecular formula is C28H29ClN2O2. The Balaban J connectivity index is 1.31. The number of pyridine rings is 1. The lowest BCUT2D eigenvalue weighted by molar-refractivity contribution is 0.0656. The van der Waals surface area contributed by atoms with Crippen LogP contribution in [0.25, 0.3) is 5.57 Å². The van der Waals surface area contributed by atoms with Crippen molar-refractivity contribution in [2.75, 3.05) is 26.2 Å². The summed E-state index contributed by atoms with van der Waals surface area (Å²) in [6.07, 6.45) is 5.29. The highest BCUT2D eigenvalue weighted by Gasteiger charge is 2.25. The molecule has 5 rings (SSSR count). The third-order valence-electron chi connectivity index (χ3n) is 6.60. The minimum atomic E-state index is -0.512. The zero-order valence-corrected chi connectivity index (χ0v) is 19.5. The van der Waals surface area contributed by atoms with Gasteiger partial charge in [-0.1, -0.05) is 47.5 Å². The van der Waals surface area contributed by atoms with Gasteiger partial charge in [0.25, 0.3) is 0 Å². The Bertz CT molecular complexity index is 1140. The summed E-state index contributed by atoms with van der Waals surface area (Å²) < 4.78 is 5.72. The number of likely N-dealkylation sites (tertiary alicyclic amines) is 1. The molecule has 1 aromatic heterocycles. The van der Waals surface area contributed by atoms with Crippen LogP contribution in [0.1, 0.15) is 35.2 Å². The van der Waals surface area contributed by atoms with Gasteiger partial charge in [0.1, 0.15) is 18.5 Å². The van der Waals surface area contributed by atoms with Gasteiger partial charge in [-0.25, -0.2) is 0 Å². The van der Waals surface area contributed by atoms with Crippen molar-refractivity contribution in [2.24, 2.45) is 0 Å². The maximum atomic E-state index is 10.5. The van der Waals surface area contributed by atoms with E-state index in [-0.39, 0.29) is 0 Å². The van der Waals surface area contributed by atoms with Gasteiger partial charge in [-0.15, -0.1) is 0 Å². The normalized spacial score (nSPS) is 17.2. The van der Waals surface area contributed by atoms with E-state index in [1.807, 2.05) is 48.7 Å². The van der Waals surface area contributed by atoms with Gasteiger partial charge in [-0.3, -0.25) is 9.88 Å². The first-order chi connectivity index (χ1) is 16.2. The molecule has 3 aromatic rings. The molecule has 33 heavy (non-hydrogen) atoms. The average molecular weight is 461 g/mol. The number of piperidine rings is 1. The van der Waals surface area contributed by atoms with Crippen molar-refractivity contribution >= 4 is 17.2 Å². The second kappa shape index (κ2) is 10.1. The number of hydrogen-bond donors (Lipinski definition) is 1. The summed E-state index contributed by atoms with van der Waals surface area (Å²) in [6.45, 7) is 2.77. The number of rotatable bonds is 5. The van der Waals surface area contributed by atoms with E-state index < -0.39 is 6.10 Å². The number of para-hydroxylation sites is 1. The number of aliphatic hydroxyl groups is 1. The molecule has 1 fully saturated rings. The smallest absolute Gasteiger partial charge is 0.119 e. The SMILES string of the molecule is OC(COc1ccccc1)CN1CCC(=C2c3ccc(Cl)cc3CCc3cccnc32)CC1. The number of β-amino-alcohol motifs (C(OH)–C–C–N with tert-alkyl or cyclic N) is 1. The molecule has 4 nitrogen and oxygen atoms in total. The van der Waals surface area contributed by atoms with Gasteiger partial charge in [0.15, 0.2) is 0 Å². The largest absolute Gasteiger partial charge is 0.491 e. The van der Waals surface area contributed by atoms with Crippen LogP contribution in [0.15, 0.2) is 72.4 Å². The van der Waals surface area contributed by atoms with E-state index in [1.165, 1.54) is 27.8 Å². The summed E-state index contributed by atoms with van der Waals surface area (Å²) in [4.78, 5) is 7.15. The lowest BCUT2D eigenvalue weighted by atomic mass is 9.88. The van der Waals surface area contributed by atoms with Gasteiger partial charge >= 0.3 is 0 Å². The van der Waals surface area contributed by atoms with Crippen LogP contribution >= 0.6 is 11.6 Å². The Morgan fingerprint density at radius 1 is 0.939 bits per heavy atom. The van der Waals surface area contributed by atoms with Gasteiger partial charge in [-0.05, 0) is 72.7 Å². The van der Waals surface area contributed by atoms with Crippen molar-refractivity contribution < 1.29 is 9.84 Å². The molecule has 0 spiro atoms. The van der Waals surface area contributed by atoms with Crippen LogP contribution in [0.3, 0.4) is 0 Å². The van der Waals surface area contributed by atoms with Crippen molar-refractivity contribution in [2.45, 2.75) is 31.8 Å². The molecule has 1 aliphatic heterocycles. The number of aliphatic hydroxyl groups excluding tert-OH is 1. The average Bonchev–Trinajstić information content (AvgIpc) is 3.01. The predicted octanol–water partition coefficient (Wildman–Crippen LogP) is 5.17. The number of fused-ring (bicyclic) bond motifs is 2. The van der Waals surface area contributed by atoms with E-state index >= 15 is 0 Å². The van der Waals surface area contributed by atoms with Crippen molar-refractivity contribution in [1.29, 1.82) is 0 Å². The quantitative estimate of drug-likeness (QED) is 0.570. The fraction of sp³-hybridized carbons (Fsp3) is 0.321. The zero-order chi connectivity index (χ0) is 22.6. The van der Waals surface area contributed by atoms with Crippen LogP contribution in [0.4, 0.5) is 0 Å². The van der Waals surface area contributed by atoms with Gasteiger partial charge in [0.2, 0.25) is 0 Å². The van der Waals surface area contributed by atoms with Gasteiger partial charge in [-0.2, -0.15) is 0 Å². The maximum absolute atomic E-state index is 10.5. The first kappa shape index (κ1) is 22.1. The third kappa shape index (κ3) is 5.14. The second-order valence-corrected chi connectivity index (χ2v) is 9.31. The fourth-order valence-corrected chi connectivity index (χ4v) is 5.14. The van der Waals surface area contributed by atoms with Crippen molar-refractivity contribution in [3.05, 3.63) is 99.8 Å². The van der Waals surface area contributed by atoms with Crippen LogP contribution < -0.4 is 4.74 Å². The number of benzene rings is 2. The lowest BCUT2D eigenvalue weighted by Crippen LogP contribution is -2.39. The lowest BCUT2D eigenvalue weighted by Gasteiger charge is -2.31. The van der Waals surface area contributed by atoms with Crippen LogP contribution in [-0.4, -0.2) is 47.3 Å². The van der Waals surface area contributed by atoms with Crippen molar-refractivity contribution in [3.63, 3.8) is 0 Å². The molecule has 170 valence electrons. The summed E-state index contributed by atoms with van der Waals surface area (Å²) in [5.74, 6) is 0.792. The third-order valence-corrected chi connectivity index (χ3v) is 6.83. The summed E-state index contributed by atoms with van der Waals surface area (Å²) in [5.41, 5.74) is 7.76. The van der Waals surface area contributed by atoms with Crippen LogP contribution in [0.5, 0.6) is 5.75 Å². The van der Waals surface area contributed by atoms with E-state index in [0.29, 0.717) is 13.2 Å². The van der Waals surface area contributed by atoms with Gasteiger partial charge < -0.3 is 9.84 Å². The topological polar surface area (TPSA) is 45.6 Å². The van der Waals surface area contributed by atoms with Gasteiger partial charge in [0, 0.05) is 36.4 Å². The van der Waals surface area contributed by atoms with Crippen LogP contribution in [-0.2, 0) is 12.8 Å². The predicted molar refractivity (Wildman–Crippen MR) is 133 cm³/mol. The summed E-state index contributed by atoms with van der Waals surface area (Å²) >= 11 is 6.33. The van der Waals surface area contributed by atoms with Crippen LogP contribution in [0, 0.1) is 0 Å². The van der Waals surface area contributed by atoms with Crippen LogP contribution in [0.2, 0.25) is 5.02 Å². The zero-order valence-electron chi connectivity index (χ0n) is 18.7. The molecule has 1 N–H and O–H groups in total. The molecular weight excluding hydrogens is 432 g/mol. The molecule has 1 unspecified atom stereocenters. The molecule has 1 aliphatic carbocycles. The molecule has 2 aliphatic rings. The van der Waals surface area contributed by atoms with E-state index in [4.69, 9.17) is 21.3 Å². The number of nitrogens with zero attached hydrogens (tertiary/aromatic N) is 2. The van der Waals surface area contributed by atoms with E-state index in [2.05, 4.69) is 23.1 Å². The Morgan fingerprint density at radius 3 is 2.55 bits per heavy atom. The van der Waals surface area contributed by atoms with Crippen molar-refractivity contribution in [1.82, 2.24) is 9.88 Å². The Morgan fingerprint density at radius 2 is 1.73 bits per heavy atom. The Hall–Kier alpha value is -2.66. The Kier molecular flexibility index (Phi) is 6.77. The molecule has 1 atom stereocenters. The number of aromatic nitrogens is 1. The fourth-order valence-electron chi connectivity index (χ4n) is 4.95. The molecule has 0 saturated carbocycles. The summed E-state index contributed by atoms with van der Waals surface area (Å²) in [6, 6.07) is 20.2. The first-order valence-electron chi connectivity index (χ1n) is 11.7. The molecule has 2 aromatic carbocycles. The minimum Gasteiger partial charge on any atom is -0.491 e. The molecule has 0 amide bonds. The maximum Gasteiger partial charge on any atom is 0.119 e. The molecule has 0 radical (unpaired) electrons. The molecule has 5 heteroatoms. The summed E-state index contributed by atoms with van der Waals surface area (Å²) in [5, 5.41) is 11.3. The Labute approximate surface area is 200 Å². The van der Waals surface area contributed by atoms with E-state index in [1.54, 1.807) is 0 Å². The summed E-state index contributed by atoms with van der Waals surface area (Å²) in [7, 11) is 0. The monoisotopic (exact) mass is 460 g/mol. The molecule has 2 heterocycles. The highest BCUT2D eigenvalue weighted by molar-refractivity contribution is 6.30. The molecule has 0 bridgehead atoms. The number of halogens is 1. The molecule has 1 saturated heterocycles. The van der Waals surface area contributed by atoms with Crippen molar-refractivity contribution in [3.8, 4) is 5.75 Å².